The number of nitrogens with zero attached hydrogens (tertiary/aromatic N) is 2. The molecule has 0 aliphatic carbocycles. The van der Waals surface area contributed by atoms with E-state index in [0.29, 0.717) is 6.54 Å². The molecule has 0 radical (unpaired) electrons. The molecule has 1 aromatic rings. The number of sulfonamides is 1. The molecular formula is C12H18FN3O4S. The topological polar surface area (TPSA) is 92.5 Å². The lowest BCUT2D eigenvalue weighted by Gasteiger charge is -2.14. The third kappa shape index (κ3) is 3.96. The van der Waals surface area contributed by atoms with E-state index in [2.05, 4.69) is 4.72 Å². The van der Waals surface area contributed by atoms with E-state index in [4.69, 9.17) is 0 Å². The van der Waals surface area contributed by atoms with Gasteiger partial charge < -0.3 is 4.90 Å². The molecule has 0 bridgehead atoms. The lowest BCUT2D eigenvalue weighted by Crippen LogP contribution is -2.32. The number of hydrogen-bond donors (Lipinski definition) is 1. The predicted molar refractivity (Wildman–Crippen MR) is 76.3 cm³/mol. The van der Waals surface area contributed by atoms with Gasteiger partial charge in [0.15, 0.2) is 0 Å². The second-order valence-corrected chi connectivity index (χ2v) is 6.64. The molecule has 0 fully saturated rings. The van der Waals surface area contributed by atoms with Gasteiger partial charge in [-0.2, -0.15) is 4.39 Å². The third-order valence-electron chi connectivity index (χ3n) is 2.93. The van der Waals surface area contributed by atoms with Gasteiger partial charge in [-0.05, 0) is 39.6 Å². The van der Waals surface area contributed by atoms with E-state index in [1.165, 1.54) is 13.8 Å². The Labute approximate surface area is 123 Å². The lowest BCUT2D eigenvalue weighted by atomic mass is 10.1. The maximum atomic E-state index is 13.6. The molecule has 0 saturated heterocycles. The van der Waals surface area contributed by atoms with Gasteiger partial charge in [0.05, 0.1) is 15.4 Å². The van der Waals surface area contributed by atoms with Crippen molar-refractivity contribution in [1.82, 2.24) is 9.62 Å². The zero-order valence-electron chi connectivity index (χ0n) is 12.3. The van der Waals surface area contributed by atoms with Crippen LogP contribution >= 0.6 is 0 Å². The van der Waals surface area contributed by atoms with Crippen molar-refractivity contribution in [2.24, 2.45) is 0 Å². The van der Waals surface area contributed by atoms with E-state index in [1.54, 1.807) is 19.0 Å². The van der Waals surface area contributed by atoms with E-state index in [0.717, 1.165) is 6.07 Å². The summed E-state index contributed by atoms with van der Waals surface area (Å²) >= 11 is 0. The Morgan fingerprint density at radius 3 is 2.43 bits per heavy atom. The number of rotatable bonds is 6. The van der Waals surface area contributed by atoms with Crippen LogP contribution in [0.1, 0.15) is 11.1 Å². The zero-order valence-corrected chi connectivity index (χ0v) is 13.1. The van der Waals surface area contributed by atoms with Crippen LogP contribution < -0.4 is 4.72 Å². The van der Waals surface area contributed by atoms with Gasteiger partial charge in [0.1, 0.15) is 0 Å². The molecule has 0 heterocycles. The fraction of sp³-hybridized carbons (Fsp3) is 0.500. The maximum Gasteiger partial charge on any atom is 0.309 e. The van der Waals surface area contributed by atoms with Crippen LogP contribution in [0.2, 0.25) is 0 Å². The highest BCUT2D eigenvalue weighted by Crippen LogP contribution is 2.30. The Kier molecular flexibility index (Phi) is 5.37. The van der Waals surface area contributed by atoms with Gasteiger partial charge >= 0.3 is 5.69 Å². The second-order valence-electron chi connectivity index (χ2n) is 4.94. The molecule has 1 N–H and O–H groups in total. The fourth-order valence-corrected chi connectivity index (χ4v) is 3.51. The number of halogens is 1. The Balaban J connectivity index is 3.29. The molecule has 118 valence electrons. The minimum atomic E-state index is -3.94. The van der Waals surface area contributed by atoms with Crippen LogP contribution in [0, 0.1) is 29.8 Å². The van der Waals surface area contributed by atoms with Gasteiger partial charge in [-0.3, -0.25) is 10.1 Å². The fourth-order valence-electron chi connectivity index (χ4n) is 2.02. The van der Waals surface area contributed by atoms with Crippen LogP contribution in [-0.4, -0.2) is 45.4 Å². The average Bonchev–Trinajstić information content (AvgIpc) is 2.25. The normalized spacial score (nSPS) is 11.9. The Morgan fingerprint density at radius 2 is 1.95 bits per heavy atom. The molecule has 21 heavy (non-hydrogen) atoms. The van der Waals surface area contributed by atoms with E-state index in [-0.39, 0.29) is 22.6 Å². The van der Waals surface area contributed by atoms with Crippen LogP contribution in [0.4, 0.5) is 10.1 Å². The quantitative estimate of drug-likeness (QED) is 0.628. The van der Waals surface area contributed by atoms with Crippen molar-refractivity contribution in [2.45, 2.75) is 18.7 Å². The summed E-state index contributed by atoms with van der Waals surface area (Å²) in [6.45, 7) is 3.26. The zero-order chi connectivity index (χ0) is 16.4. The molecule has 0 aliphatic heterocycles. The van der Waals surface area contributed by atoms with Crippen LogP contribution in [0.5, 0.6) is 0 Å². The summed E-state index contributed by atoms with van der Waals surface area (Å²) in [5, 5.41) is 10.9. The van der Waals surface area contributed by atoms with E-state index in [9.17, 15) is 22.9 Å². The first-order valence-corrected chi connectivity index (χ1v) is 7.64. The van der Waals surface area contributed by atoms with Crippen LogP contribution in [0.25, 0.3) is 0 Å². The highest BCUT2D eigenvalue weighted by Gasteiger charge is 2.29. The minimum absolute atomic E-state index is 0.132. The molecule has 0 aromatic heterocycles. The molecule has 1 rings (SSSR count). The molecule has 0 saturated carbocycles. The van der Waals surface area contributed by atoms with E-state index >= 15 is 0 Å². The Bertz CT molecular complexity index is 659. The lowest BCUT2D eigenvalue weighted by molar-refractivity contribution is -0.388. The van der Waals surface area contributed by atoms with Gasteiger partial charge in [0.25, 0.3) is 0 Å². The van der Waals surface area contributed by atoms with Gasteiger partial charge in [-0.1, -0.05) is 0 Å². The van der Waals surface area contributed by atoms with E-state index < -0.39 is 26.5 Å². The summed E-state index contributed by atoms with van der Waals surface area (Å²) in [6.07, 6.45) is 0. The summed E-state index contributed by atoms with van der Waals surface area (Å²) < 4.78 is 40.5. The second kappa shape index (κ2) is 6.46. The largest absolute Gasteiger partial charge is 0.309 e. The number of benzene rings is 1. The van der Waals surface area contributed by atoms with Crippen LogP contribution in [-0.2, 0) is 10.0 Å². The van der Waals surface area contributed by atoms with Crippen LogP contribution in [0.15, 0.2) is 11.0 Å². The first-order chi connectivity index (χ1) is 9.58. The molecule has 1 aromatic carbocycles. The molecular weight excluding hydrogens is 301 g/mol. The summed E-state index contributed by atoms with van der Waals surface area (Å²) in [6, 6.07) is 0.867. The van der Waals surface area contributed by atoms with Crippen molar-refractivity contribution in [3.63, 3.8) is 0 Å². The number of nitro benzene ring substituents is 1. The van der Waals surface area contributed by atoms with Gasteiger partial charge in [0, 0.05) is 13.1 Å². The van der Waals surface area contributed by atoms with Crippen molar-refractivity contribution < 1.29 is 17.7 Å². The SMILES string of the molecule is Cc1cc(F)c([N+](=O)[O-])c(C)c1S(=O)(=O)NCCN(C)C. The first-order valence-electron chi connectivity index (χ1n) is 6.16. The van der Waals surface area contributed by atoms with Crippen LogP contribution in [0.3, 0.4) is 0 Å². The van der Waals surface area contributed by atoms with Gasteiger partial charge in [-0.25, -0.2) is 13.1 Å². The highest BCUT2D eigenvalue weighted by molar-refractivity contribution is 7.89. The average molecular weight is 319 g/mol. The number of nitro groups is 1. The third-order valence-corrected chi connectivity index (χ3v) is 4.68. The monoisotopic (exact) mass is 319 g/mol. The predicted octanol–water partition coefficient (Wildman–Crippen LogP) is 1.19. The number of likely N-dealkylation sites (N-methyl/N-ethyl adjacent to an activating group) is 1. The maximum absolute atomic E-state index is 13.6. The molecule has 0 spiro atoms. The van der Waals surface area contributed by atoms with Gasteiger partial charge in [0.2, 0.25) is 15.8 Å². The minimum Gasteiger partial charge on any atom is -0.308 e. The van der Waals surface area contributed by atoms with E-state index in [1.807, 2.05) is 0 Å². The Morgan fingerprint density at radius 1 is 1.38 bits per heavy atom. The van der Waals surface area contributed by atoms with Crippen molar-refractivity contribution in [2.75, 3.05) is 27.2 Å². The smallest absolute Gasteiger partial charge is 0.308 e. The summed E-state index contributed by atoms with van der Waals surface area (Å²) in [7, 11) is -0.367. The van der Waals surface area contributed by atoms with Crippen molar-refractivity contribution in [3.8, 4) is 0 Å². The molecule has 0 aliphatic rings. The first kappa shape index (κ1) is 17.5. The number of nitrogens with one attached hydrogen (secondary N) is 1. The molecule has 0 atom stereocenters. The number of hydrogen-bond acceptors (Lipinski definition) is 5. The van der Waals surface area contributed by atoms with Gasteiger partial charge in [-0.15, -0.1) is 0 Å². The van der Waals surface area contributed by atoms with Crippen molar-refractivity contribution >= 4 is 15.7 Å². The Hall–Kier alpha value is -1.58. The molecule has 9 heteroatoms. The number of aryl methyl sites for hydroxylation is 1. The summed E-state index contributed by atoms with van der Waals surface area (Å²) in [4.78, 5) is 11.5. The molecule has 0 unspecified atom stereocenters. The summed E-state index contributed by atoms with van der Waals surface area (Å²) in [5.74, 6) is -1.04. The molecule has 0 amide bonds. The summed E-state index contributed by atoms with van der Waals surface area (Å²) in [5.41, 5.74) is -0.878. The highest BCUT2D eigenvalue weighted by atomic mass is 32.2. The van der Waals surface area contributed by atoms with Crippen molar-refractivity contribution in [3.05, 3.63) is 33.1 Å². The van der Waals surface area contributed by atoms with Crippen molar-refractivity contribution in [1.29, 1.82) is 0 Å². The standard InChI is InChI=1S/C12H18FN3O4S/c1-8-7-10(13)11(16(17)18)9(2)12(8)21(19,20)14-5-6-15(3)4/h7,14H,5-6H2,1-4H3. The molecule has 7 nitrogen and oxygen atoms in total.